The predicted molar refractivity (Wildman–Crippen MR) is 90.2 cm³/mol. The van der Waals surface area contributed by atoms with E-state index in [-0.39, 0.29) is 12.3 Å². The van der Waals surface area contributed by atoms with Gasteiger partial charge in [-0.15, -0.1) is 0 Å². The highest BCUT2D eigenvalue weighted by Crippen LogP contribution is 2.43. The van der Waals surface area contributed by atoms with Gasteiger partial charge in [-0.25, -0.2) is 0 Å². The molecular formula is C17H22N2O9. The molecule has 0 spiro atoms. The number of ether oxygens (including phenoxy) is 5. The number of furan rings is 1. The average Bonchev–Trinajstić information content (AvgIpc) is 3.25. The number of rotatable bonds is 4. The van der Waals surface area contributed by atoms with E-state index in [1.807, 2.05) is 0 Å². The van der Waals surface area contributed by atoms with Crippen molar-refractivity contribution in [2.24, 2.45) is 0 Å². The molecule has 3 fully saturated rings. The lowest BCUT2D eigenvalue weighted by molar-refractivity contribution is -0.402. The van der Waals surface area contributed by atoms with Gasteiger partial charge in [-0.1, -0.05) is 0 Å². The molecule has 11 heteroatoms. The highest BCUT2D eigenvalue weighted by molar-refractivity contribution is 5.91. The van der Waals surface area contributed by atoms with Crippen molar-refractivity contribution < 1.29 is 37.8 Å². The maximum atomic E-state index is 12.3. The van der Waals surface area contributed by atoms with Crippen LogP contribution >= 0.6 is 0 Å². The first-order valence-electron chi connectivity index (χ1n) is 8.94. The molecule has 154 valence electrons. The van der Waals surface area contributed by atoms with E-state index in [4.69, 9.17) is 28.1 Å². The summed E-state index contributed by atoms with van der Waals surface area (Å²) in [6.07, 6.45) is -2.61. The van der Waals surface area contributed by atoms with E-state index in [9.17, 15) is 14.9 Å². The molecule has 0 saturated carbocycles. The average molecular weight is 398 g/mol. The van der Waals surface area contributed by atoms with Crippen molar-refractivity contribution in [3.8, 4) is 0 Å². The number of nitro groups is 1. The Bertz CT molecular complexity index is 789. The summed E-state index contributed by atoms with van der Waals surface area (Å²) >= 11 is 0. The van der Waals surface area contributed by atoms with Gasteiger partial charge in [-0.3, -0.25) is 14.9 Å². The van der Waals surface area contributed by atoms with Crippen molar-refractivity contribution in [2.45, 2.75) is 70.0 Å². The molecule has 11 nitrogen and oxygen atoms in total. The fraction of sp³-hybridized carbons (Fsp3) is 0.706. The third kappa shape index (κ3) is 3.51. The fourth-order valence-electron chi connectivity index (χ4n) is 3.69. The lowest BCUT2D eigenvalue weighted by atomic mass is 9.99. The monoisotopic (exact) mass is 398 g/mol. The zero-order valence-corrected chi connectivity index (χ0v) is 15.9. The van der Waals surface area contributed by atoms with Crippen molar-refractivity contribution >= 4 is 11.8 Å². The van der Waals surface area contributed by atoms with Crippen LogP contribution in [0.2, 0.25) is 0 Å². The van der Waals surface area contributed by atoms with E-state index >= 15 is 0 Å². The van der Waals surface area contributed by atoms with Crippen molar-refractivity contribution in [2.75, 3.05) is 6.54 Å². The van der Waals surface area contributed by atoms with Crippen LogP contribution in [0, 0.1) is 10.1 Å². The summed E-state index contributed by atoms with van der Waals surface area (Å²) in [7, 11) is 0. The van der Waals surface area contributed by atoms with Gasteiger partial charge in [-0.05, 0) is 33.8 Å². The molecule has 0 aliphatic carbocycles. The molecule has 0 bridgehead atoms. The van der Waals surface area contributed by atoms with Crippen molar-refractivity contribution in [1.82, 2.24) is 5.32 Å². The minimum atomic E-state index is -0.840. The number of hydrogen-bond acceptors (Lipinski definition) is 9. The Balaban J connectivity index is 1.46. The Kier molecular flexibility index (Phi) is 4.47. The van der Waals surface area contributed by atoms with Crippen LogP contribution in [-0.4, -0.2) is 59.7 Å². The van der Waals surface area contributed by atoms with E-state index in [0.29, 0.717) is 0 Å². The smallest absolute Gasteiger partial charge is 0.395 e. The fourth-order valence-corrected chi connectivity index (χ4v) is 3.69. The topological polar surface area (TPSA) is 132 Å². The first kappa shape index (κ1) is 19.3. The van der Waals surface area contributed by atoms with Gasteiger partial charge in [0.1, 0.15) is 29.3 Å². The maximum absolute atomic E-state index is 12.3. The Morgan fingerprint density at radius 3 is 2.39 bits per heavy atom. The third-order valence-electron chi connectivity index (χ3n) is 4.71. The number of amides is 1. The number of hydrogen-bond donors (Lipinski definition) is 1. The molecule has 0 unspecified atom stereocenters. The molecule has 3 aliphatic rings. The summed E-state index contributed by atoms with van der Waals surface area (Å²) in [5.74, 6) is -2.94. The first-order chi connectivity index (χ1) is 13.0. The molecule has 0 aromatic carbocycles. The van der Waals surface area contributed by atoms with Crippen LogP contribution in [0.15, 0.2) is 16.5 Å². The van der Waals surface area contributed by atoms with Crippen LogP contribution < -0.4 is 5.32 Å². The van der Waals surface area contributed by atoms with Crippen LogP contribution in [0.1, 0.15) is 38.2 Å². The maximum Gasteiger partial charge on any atom is 0.433 e. The summed E-state index contributed by atoms with van der Waals surface area (Å²) in [5, 5.41) is 13.3. The number of nitrogens with one attached hydrogen (secondary N) is 1. The van der Waals surface area contributed by atoms with E-state index in [0.717, 1.165) is 6.07 Å². The standard InChI is InChI=1S/C17H22N2O9/c1-16(2)25-11-9(7-18-14(20)8-5-6-10(23-8)19(21)22)24-15-13(12(11)26-16)27-17(3,4)28-15/h5-6,9,11-13,15H,7H2,1-4H3,(H,18,20)/t9-,11-,12+,13+,15-/m0/s1. The highest BCUT2D eigenvalue weighted by Gasteiger charge is 2.60. The molecule has 1 aromatic heterocycles. The summed E-state index contributed by atoms with van der Waals surface area (Å²) in [6, 6.07) is 2.36. The molecule has 0 radical (unpaired) electrons. The Labute approximate surface area is 160 Å². The highest BCUT2D eigenvalue weighted by atomic mass is 16.9. The Hall–Kier alpha value is -2.05. The number of fused-ring (bicyclic) bond motifs is 3. The van der Waals surface area contributed by atoms with E-state index in [2.05, 4.69) is 5.32 Å². The molecule has 28 heavy (non-hydrogen) atoms. The lowest BCUT2D eigenvalue weighted by Crippen LogP contribution is -2.57. The minimum Gasteiger partial charge on any atom is -0.395 e. The van der Waals surface area contributed by atoms with Gasteiger partial charge in [0.15, 0.2) is 23.6 Å². The van der Waals surface area contributed by atoms with Crippen LogP contribution in [0.4, 0.5) is 5.88 Å². The summed E-state index contributed by atoms with van der Waals surface area (Å²) in [6.45, 7) is 7.22. The zero-order chi connectivity index (χ0) is 20.3. The van der Waals surface area contributed by atoms with Gasteiger partial charge >= 0.3 is 5.88 Å². The van der Waals surface area contributed by atoms with Gasteiger partial charge in [0.2, 0.25) is 0 Å². The number of nitrogens with zero attached hydrogens (tertiary/aromatic N) is 1. The molecule has 1 amide bonds. The van der Waals surface area contributed by atoms with Gasteiger partial charge in [0.05, 0.1) is 6.07 Å². The van der Waals surface area contributed by atoms with Crippen LogP contribution in [-0.2, 0) is 23.7 Å². The molecule has 3 saturated heterocycles. The Morgan fingerprint density at radius 1 is 1.07 bits per heavy atom. The second-order valence-electron chi connectivity index (χ2n) is 7.81. The largest absolute Gasteiger partial charge is 0.433 e. The van der Waals surface area contributed by atoms with Crippen LogP contribution in [0.25, 0.3) is 0 Å². The molecule has 4 heterocycles. The number of carbonyl (C=O) groups excluding carboxylic acids is 1. The van der Waals surface area contributed by atoms with Crippen molar-refractivity contribution in [3.63, 3.8) is 0 Å². The van der Waals surface area contributed by atoms with Crippen LogP contribution in [0.5, 0.6) is 0 Å². The van der Waals surface area contributed by atoms with Gasteiger partial charge < -0.3 is 33.4 Å². The van der Waals surface area contributed by atoms with Crippen LogP contribution in [0.3, 0.4) is 0 Å². The zero-order valence-electron chi connectivity index (χ0n) is 15.9. The quantitative estimate of drug-likeness (QED) is 0.589. The molecular weight excluding hydrogens is 376 g/mol. The second-order valence-corrected chi connectivity index (χ2v) is 7.81. The first-order valence-corrected chi connectivity index (χ1v) is 8.94. The minimum absolute atomic E-state index is 0.0704. The molecule has 4 rings (SSSR count). The Morgan fingerprint density at radius 2 is 1.71 bits per heavy atom. The molecule has 1 N–H and O–H groups in total. The number of carbonyl (C=O) groups is 1. The van der Waals surface area contributed by atoms with Gasteiger partial charge in [0, 0.05) is 6.54 Å². The van der Waals surface area contributed by atoms with E-state index in [1.165, 1.54) is 6.07 Å². The van der Waals surface area contributed by atoms with Crippen molar-refractivity contribution in [1.29, 1.82) is 0 Å². The molecule has 5 atom stereocenters. The summed E-state index contributed by atoms with van der Waals surface area (Å²) in [4.78, 5) is 22.2. The van der Waals surface area contributed by atoms with Crippen molar-refractivity contribution in [3.05, 3.63) is 28.0 Å². The lowest BCUT2D eigenvalue weighted by Gasteiger charge is -2.37. The normalized spacial score (nSPS) is 35.2. The SMILES string of the molecule is CC1(C)O[C@@H]2[C@@H](O1)[C@H](CNC(=O)c1ccc([N+](=O)[O-])o1)O[C@H]1OC(C)(C)O[C@@H]12. The summed E-state index contributed by atoms with van der Waals surface area (Å²) in [5.41, 5.74) is 0. The third-order valence-corrected chi connectivity index (χ3v) is 4.71. The van der Waals surface area contributed by atoms with Gasteiger partial charge in [-0.2, -0.15) is 0 Å². The summed E-state index contributed by atoms with van der Waals surface area (Å²) < 4.78 is 34.6. The van der Waals surface area contributed by atoms with Gasteiger partial charge in [0.25, 0.3) is 5.91 Å². The van der Waals surface area contributed by atoms with E-state index in [1.54, 1.807) is 27.7 Å². The molecule has 1 aromatic rings. The van der Waals surface area contributed by atoms with E-state index < -0.39 is 59.0 Å². The molecule has 3 aliphatic heterocycles. The predicted octanol–water partition coefficient (Wildman–Crippen LogP) is 1.31. The second kappa shape index (κ2) is 6.49.